The Morgan fingerprint density at radius 3 is 2.67 bits per heavy atom. The van der Waals surface area contributed by atoms with E-state index in [2.05, 4.69) is 10.3 Å². The molecule has 3 aromatic rings. The van der Waals surface area contributed by atoms with Crippen LogP contribution in [0.25, 0.3) is 11.0 Å². The van der Waals surface area contributed by atoms with Crippen molar-refractivity contribution >= 4 is 17.0 Å². The Labute approximate surface area is 140 Å². The summed E-state index contributed by atoms with van der Waals surface area (Å²) in [5.74, 6) is 0.459. The fourth-order valence-electron chi connectivity index (χ4n) is 2.47. The Balaban J connectivity index is 1.60. The molecule has 1 aromatic heterocycles. The number of aromatic nitrogens is 3. The minimum Gasteiger partial charge on any atom is -0.497 e. The third-order valence-corrected chi connectivity index (χ3v) is 3.83. The number of aryl methyl sites for hydroxylation is 1. The van der Waals surface area contributed by atoms with E-state index in [0.717, 1.165) is 23.4 Å². The zero-order valence-electron chi connectivity index (χ0n) is 13.7. The van der Waals surface area contributed by atoms with Gasteiger partial charge in [-0.2, -0.15) is 0 Å². The van der Waals surface area contributed by atoms with E-state index in [1.165, 1.54) is 0 Å². The topological polar surface area (TPSA) is 66.2 Å². The van der Waals surface area contributed by atoms with Crippen LogP contribution in [0.4, 0.5) is 0 Å². The van der Waals surface area contributed by atoms with E-state index in [1.807, 2.05) is 37.3 Å². The molecule has 6 nitrogen and oxygen atoms in total. The predicted molar refractivity (Wildman–Crippen MR) is 90.2 cm³/mol. The summed E-state index contributed by atoms with van der Waals surface area (Å²) < 4.78 is 12.2. The molecule has 0 amide bonds. The summed E-state index contributed by atoms with van der Waals surface area (Å²) in [5.41, 5.74) is 3.18. The van der Waals surface area contributed by atoms with Crippen molar-refractivity contribution in [2.24, 2.45) is 0 Å². The Bertz CT molecular complexity index is 840. The number of hydrogen-bond donors (Lipinski definition) is 0. The van der Waals surface area contributed by atoms with E-state index in [-0.39, 0.29) is 5.97 Å². The number of carbonyl (C=O) groups is 1. The largest absolute Gasteiger partial charge is 0.497 e. The van der Waals surface area contributed by atoms with Crippen LogP contribution in [0.3, 0.4) is 0 Å². The first-order valence-corrected chi connectivity index (χ1v) is 7.84. The zero-order valence-corrected chi connectivity index (χ0v) is 13.7. The summed E-state index contributed by atoms with van der Waals surface area (Å²) >= 11 is 0. The van der Waals surface area contributed by atoms with Gasteiger partial charge in [0.1, 0.15) is 11.3 Å². The molecule has 0 spiro atoms. The number of esters is 1. The summed E-state index contributed by atoms with van der Waals surface area (Å²) in [7, 11) is 1.63. The molecule has 24 heavy (non-hydrogen) atoms. The number of nitrogens with zero attached hydrogens (tertiary/aromatic N) is 3. The number of hydrogen-bond acceptors (Lipinski definition) is 5. The molecule has 1 heterocycles. The summed E-state index contributed by atoms with van der Waals surface area (Å²) in [5, 5.41) is 8.10. The molecule has 0 aliphatic carbocycles. The third kappa shape index (κ3) is 3.37. The van der Waals surface area contributed by atoms with Gasteiger partial charge in [0.2, 0.25) is 0 Å². The van der Waals surface area contributed by atoms with Gasteiger partial charge in [0.15, 0.2) is 0 Å². The molecule has 0 aliphatic heterocycles. The second-order valence-corrected chi connectivity index (χ2v) is 5.34. The van der Waals surface area contributed by atoms with E-state index in [9.17, 15) is 4.79 Å². The maximum atomic E-state index is 12.2. The number of rotatable bonds is 6. The van der Waals surface area contributed by atoms with E-state index in [4.69, 9.17) is 9.47 Å². The van der Waals surface area contributed by atoms with Gasteiger partial charge in [0.25, 0.3) is 0 Å². The van der Waals surface area contributed by atoms with Crippen molar-refractivity contribution in [2.45, 2.75) is 19.9 Å². The van der Waals surface area contributed by atoms with Crippen molar-refractivity contribution in [3.63, 3.8) is 0 Å². The van der Waals surface area contributed by atoms with Crippen molar-refractivity contribution in [3.8, 4) is 5.75 Å². The summed E-state index contributed by atoms with van der Waals surface area (Å²) in [6, 6.07) is 13.0. The quantitative estimate of drug-likeness (QED) is 0.652. The number of fused-ring (bicyclic) bond motifs is 1. The van der Waals surface area contributed by atoms with Crippen LogP contribution in [0.15, 0.2) is 42.5 Å². The highest BCUT2D eigenvalue weighted by Gasteiger charge is 2.11. The Hall–Kier alpha value is -2.89. The lowest BCUT2D eigenvalue weighted by Gasteiger charge is -2.06. The van der Waals surface area contributed by atoms with Gasteiger partial charge in [-0.1, -0.05) is 17.3 Å². The maximum absolute atomic E-state index is 12.2. The molecular formula is C18H19N3O3. The number of benzene rings is 2. The van der Waals surface area contributed by atoms with E-state index < -0.39 is 0 Å². The molecule has 6 heteroatoms. The van der Waals surface area contributed by atoms with Crippen molar-refractivity contribution in [3.05, 3.63) is 53.6 Å². The van der Waals surface area contributed by atoms with Crippen LogP contribution in [0.2, 0.25) is 0 Å². The lowest BCUT2D eigenvalue weighted by Crippen LogP contribution is -2.08. The summed E-state index contributed by atoms with van der Waals surface area (Å²) in [6.07, 6.45) is 0.657. The highest BCUT2D eigenvalue weighted by atomic mass is 16.5. The second kappa shape index (κ2) is 7.12. The van der Waals surface area contributed by atoms with Crippen molar-refractivity contribution in [1.82, 2.24) is 15.0 Å². The molecule has 0 radical (unpaired) electrons. The maximum Gasteiger partial charge on any atom is 0.338 e. The monoisotopic (exact) mass is 325 g/mol. The SMILES string of the molecule is CCn1nnc2cc(C(=O)OCCc3ccc(OC)cc3)ccc21. The minimum absolute atomic E-state index is 0.324. The lowest BCUT2D eigenvalue weighted by atomic mass is 10.1. The van der Waals surface area contributed by atoms with Gasteiger partial charge < -0.3 is 9.47 Å². The van der Waals surface area contributed by atoms with Crippen LogP contribution in [0.1, 0.15) is 22.8 Å². The number of methoxy groups -OCH3 is 1. The summed E-state index contributed by atoms with van der Waals surface area (Å²) in [6.45, 7) is 3.06. The van der Waals surface area contributed by atoms with Crippen molar-refractivity contribution in [1.29, 1.82) is 0 Å². The molecule has 0 unspecified atom stereocenters. The average molecular weight is 325 g/mol. The van der Waals surface area contributed by atoms with Crippen LogP contribution in [-0.4, -0.2) is 34.7 Å². The summed E-state index contributed by atoms with van der Waals surface area (Å²) in [4.78, 5) is 12.2. The van der Waals surface area contributed by atoms with Crippen LogP contribution in [0.5, 0.6) is 5.75 Å². The van der Waals surface area contributed by atoms with E-state index in [0.29, 0.717) is 24.1 Å². The Morgan fingerprint density at radius 1 is 1.17 bits per heavy atom. The number of ether oxygens (including phenoxy) is 2. The van der Waals surface area contributed by atoms with E-state index in [1.54, 1.807) is 23.9 Å². The molecule has 2 aromatic carbocycles. The van der Waals surface area contributed by atoms with Gasteiger partial charge in [-0.25, -0.2) is 9.48 Å². The highest BCUT2D eigenvalue weighted by molar-refractivity contribution is 5.93. The molecule has 3 rings (SSSR count). The molecule has 0 bridgehead atoms. The first-order valence-electron chi connectivity index (χ1n) is 7.84. The van der Waals surface area contributed by atoms with Crippen LogP contribution >= 0.6 is 0 Å². The molecule has 0 fully saturated rings. The van der Waals surface area contributed by atoms with Crippen LogP contribution in [0, 0.1) is 0 Å². The van der Waals surface area contributed by atoms with Crippen molar-refractivity contribution < 1.29 is 14.3 Å². The lowest BCUT2D eigenvalue weighted by molar-refractivity contribution is 0.0509. The van der Waals surface area contributed by atoms with E-state index >= 15 is 0 Å². The first kappa shape index (κ1) is 16.0. The third-order valence-electron chi connectivity index (χ3n) is 3.83. The number of carbonyl (C=O) groups excluding carboxylic acids is 1. The molecular weight excluding hydrogens is 306 g/mol. The minimum atomic E-state index is -0.350. The molecule has 0 aliphatic rings. The van der Waals surface area contributed by atoms with Gasteiger partial charge in [0.05, 0.1) is 24.8 Å². The molecule has 0 atom stereocenters. The standard InChI is InChI=1S/C18H19N3O3/c1-3-21-17-9-6-14(12-16(17)19-20-21)18(22)24-11-10-13-4-7-15(23-2)8-5-13/h4-9,12H,3,10-11H2,1-2H3. The molecule has 0 saturated heterocycles. The fourth-order valence-corrected chi connectivity index (χ4v) is 2.47. The van der Waals surface area contributed by atoms with Gasteiger partial charge in [-0.15, -0.1) is 5.10 Å². The smallest absolute Gasteiger partial charge is 0.338 e. The molecule has 0 saturated carbocycles. The van der Waals surface area contributed by atoms with Gasteiger partial charge >= 0.3 is 5.97 Å². The first-order chi connectivity index (χ1) is 11.7. The highest BCUT2D eigenvalue weighted by Crippen LogP contribution is 2.15. The average Bonchev–Trinajstić information content (AvgIpc) is 3.04. The second-order valence-electron chi connectivity index (χ2n) is 5.34. The van der Waals surface area contributed by atoms with Crippen LogP contribution in [-0.2, 0) is 17.7 Å². The Kier molecular flexibility index (Phi) is 4.74. The normalized spacial score (nSPS) is 10.8. The zero-order chi connectivity index (χ0) is 16.9. The molecule has 0 N–H and O–H groups in total. The fraction of sp³-hybridized carbons (Fsp3) is 0.278. The molecule has 124 valence electrons. The van der Waals surface area contributed by atoms with Gasteiger partial charge in [-0.3, -0.25) is 0 Å². The predicted octanol–water partition coefficient (Wildman–Crippen LogP) is 2.86. The van der Waals surface area contributed by atoms with Crippen molar-refractivity contribution in [2.75, 3.05) is 13.7 Å². The Morgan fingerprint density at radius 2 is 1.96 bits per heavy atom. The van der Waals surface area contributed by atoms with Gasteiger partial charge in [-0.05, 0) is 42.8 Å². The van der Waals surface area contributed by atoms with Gasteiger partial charge in [0, 0.05) is 13.0 Å². The van der Waals surface area contributed by atoms with Crippen LogP contribution < -0.4 is 4.74 Å².